The first-order valence-electron chi connectivity index (χ1n) is 23.6. The molecule has 21 atom stereocenters. The number of methoxy groups -OCH3 is 3. The van der Waals surface area contributed by atoms with Gasteiger partial charge in [0.25, 0.3) is 0 Å². The van der Waals surface area contributed by atoms with Crippen molar-refractivity contribution in [1.29, 1.82) is 0 Å². The molecule has 380 valence electrons. The molecule has 0 saturated carbocycles. The van der Waals surface area contributed by atoms with Crippen molar-refractivity contribution in [2.45, 2.75) is 198 Å². The Morgan fingerprint density at radius 1 is 0.848 bits per heavy atom. The molecule has 4 heterocycles. The molecule has 0 amide bonds. The molecule has 4 aliphatic heterocycles. The molecule has 21 unspecified atom stereocenters. The third kappa shape index (κ3) is 14.2. The number of ketones is 1. The van der Waals surface area contributed by atoms with Gasteiger partial charge >= 0.3 is 5.97 Å². The van der Waals surface area contributed by atoms with E-state index in [0.29, 0.717) is 12.0 Å². The SMILES string of the molecule is CCC1OC(=O)CC(O)C(C)C(OC2OC(C)C(OC3CC(C)(O)C(OC)C(C)O3)C(N(C)C)C2O)C(CCC=O)CC(C)C(=O)/C=C/C(C)=C/C1COC1OC(C)C(O)C(OC)C1OC. The van der Waals surface area contributed by atoms with E-state index in [9.17, 15) is 34.8 Å². The van der Waals surface area contributed by atoms with Crippen molar-refractivity contribution in [1.82, 2.24) is 4.90 Å². The Bertz CT molecular complexity index is 1590. The number of allylic oxidation sites excluding steroid dienone is 3. The Morgan fingerprint density at radius 2 is 1.52 bits per heavy atom. The van der Waals surface area contributed by atoms with E-state index in [-0.39, 0.29) is 38.1 Å². The summed E-state index contributed by atoms with van der Waals surface area (Å²) >= 11 is 0. The lowest BCUT2D eigenvalue weighted by atomic mass is 9.79. The van der Waals surface area contributed by atoms with E-state index >= 15 is 0 Å². The van der Waals surface area contributed by atoms with Crippen molar-refractivity contribution in [2.24, 2.45) is 23.7 Å². The number of rotatable bonds is 15. The number of hydrogen-bond donors (Lipinski definition) is 4. The van der Waals surface area contributed by atoms with Gasteiger partial charge in [0.1, 0.15) is 49.0 Å². The van der Waals surface area contributed by atoms with Crippen LogP contribution >= 0.6 is 0 Å². The van der Waals surface area contributed by atoms with E-state index in [0.717, 1.165) is 6.29 Å². The maximum Gasteiger partial charge on any atom is 0.308 e. The molecule has 3 fully saturated rings. The van der Waals surface area contributed by atoms with E-state index in [1.165, 1.54) is 27.4 Å². The highest BCUT2D eigenvalue weighted by atomic mass is 16.7. The first-order valence-corrected chi connectivity index (χ1v) is 23.6. The summed E-state index contributed by atoms with van der Waals surface area (Å²) in [4.78, 5) is 41.4. The van der Waals surface area contributed by atoms with Crippen LogP contribution in [-0.4, -0.2) is 189 Å². The van der Waals surface area contributed by atoms with Gasteiger partial charge < -0.3 is 77.5 Å². The highest BCUT2D eigenvalue weighted by Crippen LogP contribution is 2.38. The summed E-state index contributed by atoms with van der Waals surface area (Å²) in [6.07, 6.45) is -6.36. The average Bonchev–Trinajstić information content (AvgIpc) is 3.25. The molecule has 0 aromatic rings. The molecule has 0 aliphatic carbocycles. The zero-order chi connectivity index (χ0) is 49.2. The molecule has 3 saturated heterocycles. The smallest absolute Gasteiger partial charge is 0.308 e. The fourth-order valence-corrected chi connectivity index (χ4v) is 10.2. The van der Waals surface area contributed by atoms with Crippen LogP contribution in [0.25, 0.3) is 0 Å². The van der Waals surface area contributed by atoms with Crippen LogP contribution in [0.3, 0.4) is 0 Å². The number of cyclic esters (lactones) is 1. The monoisotopic (exact) mass is 944 g/mol. The van der Waals surface area contributed by atoms with Crippen LogP contribution in [0.1, 0.15) is 93.9 Å². The van der Waals surface area contributed by atoms with Crippen LogP contribution in [0.15, 0.2) is 23.8 Å². The molecule has 4 aliphatic rings. The Balaban J connectivity index is 1.63. The molecule has 18 heteroatoms. The first kappa shape index (κ1) is 56.3. The van der Waals surface area contributed by atoms with E-state index < -0.39 is 140 Å². The van der Waals surface area contributed by atoms with E-state index in [1.807, 2.05) is 19.9 Å². The van der Waals surface area contributed by atoms with Gasteiger partial charge in [-0.25, -0.2) is 0 Å². The van der Waals surface area contributed by atoms with E-state index in [2.05, 4.69) is 0 Å². The molecule has 0 aromatic heterocycles. The second-order valence-corrected chi connectivity index (χ2v) is 19.3. The molecule has 18 nitrogen and oxygen atoms in total. The van der Waals surface area contributed by atoms with Gasteiger partial charge in [0.2, 0.25) is 0 Å². The highest BCUT2D eigenvalue weighted by Gasteiger charge is 2.52. The fraction of sp³-hybridized carbons (Fsp3) is 0.854. The van der Waals surface area contributed by atoms with Crippen molar-refractivity contribution in [3.8, 4) is 0 Å². The minimum Gasteiger partial charge on any atom is -0.462 e. The summed E-state index contributed by atoms with van der Waals surface area (Å²) < 4.78 is 60.9. The lowest BCUT2D eigenvalue weighted by Crippen LogP contribution is -2.65. The van der Waals surface area contributed by atoms with Crippen LogP contribution in [-0.2, 0) is 61.8 Å². The van der Waals surface area contributed by atoms with Gasteiger partial charge in [-0.15, -0.1) is 0 Å². The lowest BCUT2D eigenvalue weighted by molar-refractivity contribution is -0.343. The van der Waals surface area contributed by atoms with Gasteiger partial charge in [-0.1, -0.05) is 38.5 Å². The Morgan fingerprint density at radius 3 is 2.11 bits per heavy atom. The number of esters is 1. The topological polar surface area (TPSA) is 228 Å². The number of likely N-dealkylation sites (N-methyl/N-ethyl adjacent to an activating group) is 1. The summed E-state index contributed by atoms with van der Waals surface area (Å²) in [5.74, 6) is -3.25. The summed E-state index contributed by atoms with van der Waals surface area (Å²) in [7, 11) is 8.03. The van der Waals surface area contributed by atoms with Crippen molar-refractivity contribution in [3.05, 3.63) is 23.8 Å². The molecule has 0 spiro atoms. The number of ether oxygens (including phenoxy) is 10. The predicted molar refractivity (Wildman–Crippen MR) is 240 cm³/mol. The number of carbonyl (C=O) groups is 3. The second-order valence-electron chi connectivity index (χ2n) is 19.3. The van der Waals surface area contributed by atoms with Gasteiger partial charge in [-0.2, -0.15) is 0 Å². The number of hydrogen-bond acceptors (Lipinski definition) is 18. The zero-order valence-electron chi connectivity index (χ0n) is 41.3. The third-order valence-corrected chi connectivity index (χ3v) is 13.9. The number of aldehydes is 1. The van der Waals surface area contributed by atoms with Crippen LogP contribution in [0.2, 0.25) is 0 Å². The quantitative estimate of drug-likeness (QED) is 0.137. The second kappa shape index (κ2) is 25.5. The van der Waals surface area contributed by atoms with Crippen LogP contribution in [0.4, 0.5) is 0 Å². The standard InChI is InChI=1S/C48H81NO17/c1-14-35-32(24-60-47-44(58-12)43(57-11)39(54)28(5)62-47)20-25(2)17-18-33(51)26(3)21-31(16-15-19-50)41(27(4)34(52)22-36(53)64-35)66-46-40(55)38(49(9)10)42(29(6)63-46)65-37-23-48(8,56)45(59-13)30(7)61-37/h17-20,26-32,34-35,37-47,52,54-56H,14-16,21-24H2,1-13H3/b18-17+,25-20+. The van der Waals surface area contributed by atoms with E-state index in [4.69, 9.17) is 47.4 Å². The lowest BCUT2D eigenvalue weighted by Gasteiger charge is -2.50. The van der Waals surface area contributed by atoms with Crippen LogP contribution in [0, 0.1) is 23.7 Å². The Hall–Kier alpha value is -2.27. The predicted octanol–water partition coefficient (Wildman–Crippen LogP) is 2.88. The van der Waals surface area contributed by atoms with Crippen molar-refractivity contribution < 1.29 is 82.2 Å². The summed E-state index contributed by atoms with van der Waals surface area (Å²) in [6.45, 7) is 14.2. The minimum absolute atomic E-state index is 0.00224. The number of carbonyl (C=O) groups excluding carboxylic acids is 3. The van der Waals surface area contributed by atoms with Crippen LogP contribution < -0.4 is 0 Å². The average molecular weight is 944 g/mol. The zero-order valence-corrected chi connectivity index (χ0v) is 41.3. The van der Waals surface area contributed by atoms with Gasteiger partial charge in [-0.3, -0.25) is 9.59 Å². The molecule has 0 aromatic carbocycles. The Kier molecular flexibility index (Phi) is 21.8. The minimum atomic E-state index is -1.32. The summed E-state index contributed by atoms with van der Waals surface area (Å²) in [5.41, 5.74) is -0.554. The normalized spacial score (nSPS) is 44.9. The van der Waals surface area contributed by atoms with Crippen molar-refractivity contribution >= 4 is 18.0 Å². The van der Waals surface area contributed by atoms with Gasteiger partial charge in [0.15, 0.2) is 24.7 Å². The fourth-order valence-electron chi connectivity index (χ4n) is 10.2. The molecular weight excluding hydrogens is 863 g/mol. The largest absolute Gasteiger partial charge is 0.462 e. The number of nitrogens with zero attached hydrogens (tertiary/aromatic N) is 1. The maximum absolute atomic E-state index is 13.9. The van der Waals surface area contributed by atoms with E-state index in [1.54, 1.807) is 66.6 Å². The number of aliphatic hydroxyl groups excluding tert-OH is 3. The maximum atomic E-state index is 13.9. The molecule has 4 N–H and O–H groups in total. The number of aliphatic hydroxyl groups is 4. The molecule has 4 rings (SSSR count). The van der Waals surface area contributed by atoms with Crippen molar-refractivity contribution in [3.63, 3.8) is 0 Å². The van der Waals surface area contributed by atoms with Crippen molar-refractivity contribution in [2.75, 3.05) is 42.0 Å². The third-order valence-electron chi connectivity index (χ3n) is 13.9. The van der Waals surface area contributed by atoms with Gasteiger partial charge in [0.05, 0.1) is 55.2 Å². The molecule has 66 heavy (non-hydrogen) atoms. The van der Waals surface area contributed by atoms with Gasteiger partial charge in [-0.05, 0) is 80.0 Å². The summed E-state index contributed by atoms with van der Waals surface area (Å²) in [5, 5.41) is 45.9. The van der Waals surface area contributed by atoms with Gasteiger partial charge in [0, 0.05) is 51.9 Å². The highest BCUT2D eigenvalue weighted by molar-refractivity contribution is 5.91. The molecule has 0 radical (unpaired) electrons. The van der Waals surface area contributed by atoms with Crippen LogP contribution in [0.5, 0.6) is 0 Å². The first-order chi connectivity index (χ1) is 31.1. The Labute approximate surface area is 391 Å². The molecular formula is C48H81NO17. The molecule has 0 bridgehead atoms. The summed E-state index contributed by atoms with van der Waals surface area (Å²) in [6, 6.07) is -0.705.